The van der Waals surface area contributed by atoms with Gasteiger partial charge in [0.1, 0.15) is 5.82 Å². The number of halogens is 1. The minimum absolute atomic E-state index is 0.0257. The Bertz CT molecular complexity index is 491. The molecule has 0 spiro atoms. The Morgan fingerprint density at radius 1 is 1.26 bits per heavy atom. The van der Waals surface area contributed by atoms with Crippen LogP contribution in [0.1, 0.15) is 18.9 Å². The van der Waals surface area contributed by atoms with Gasteiger partial charge in [0.25, 0.3) is 0 Å². The fourth-order valence-electron chi connectivity index (χ4n) is 1.62. The van der Waals surface area contributed by atoms with Crippen molar-refractivity contribution in [3.63, 3.8) is 0 Å². The van der Waals surface area contributed by atoms with Crippen LogP contribution in [0.3, 0.4) is 0 Å². The fraction of sp³-hybridized carbons (Fsp3) is 0.538. The van der Waals surface area contributed by atoms with Crippen molar-refractivity contribution in [3.05, 3.63) is 35.6 Å². The highest BCUT2D eigenvalue weighted by Gasteiger charge is 2.18. The van der Waals surface area contributed by atoms with Gasteiger partial charge in [-0.2, -0.15) is 0 Å². The third-order valence-electron chi connectivity index (χ3n) is 2.79. The molecule has 1 N–H and O–H groups in total. The summed E-state index contributed by atoms with van der Waals surface area (Å²) < 4.78 is 38.6. The summed E-state index contributed by atoms with van der Waals surface area (Å²) in [4.78, 5) is 0. The number of sulfonamides is 1. The predicted molar refractivity (Wildman–Crippen MR) is 74.8 cm³/mol. The monoisotopic (exact) mass is 288 g/mol. The molecule has 0 saturated carbocycles. The number of hydrogen-bond donors (Lipinski definition) is 1. The molecule has 6 heteroatoms. The molecule has 0 fully saturated rings. The van der Waals surface area contributed by atoms with Crippen molar-refractivity contribution in [2.45, 2.75) is 19.9 Å². The lowest BCUT2D eigenvalue weighted by molar-refractivity contribution is 0.455. The smallest absolute Gasteiger partial charge is 0.215 e. The maximum atomic E-state index is 13.5. The molecule has 0 bridgehead atoms. The van der Waals surface area contributed by atoms with Crippen molar-refractivity contribution >= 4 is 10.0 Å². The van der Waals surface area contributed by atoms with E-state index in [1.807, 2.05) is 6.92 Å². The van der Waals surface area contributed by atoms with Gasteiger partial charge in [0.15, 0.2) is 0 Å². The van der Waals surface area contributed by atoms with E-state index in [1.165, 1.54) is 17.4 Å². The van der Waals surface area contributed by atoms with Crippen LogP contribution in [-0.2, 0) is 16.6 Å². The molecule has 0 saturated heterocycles. The minimum atomic E-state index is -3.35. The van der Waals surface area contributed by atoms with Crippen LogP contribution in [0.4, 0.5) is 4.39 Å². The highest BCUT2D eigenvalue weighted by molar-refractivity contribution is 7.89. The summed E-state index contributed by atoms with van der Waals surface area (Å²) in [7, 11) is -1.88. The minimum Gasteiger partial charge on any atom is -0.316 e. The first-order valence-corrected chi connectivity index (χ1v) is 7.96. The van der Waals surface area contributed by atoms with E-state index in [2.05, 4.69) is 5.32 Å². The van der Waals surface area contributed by atoms with E-state index in [4.69, 9.17) is 0 Å². The molecule has 0 unspecified atom stereocenters. The molecule has 0 radical (unpaired) electrons. The maximum absolute atomic E-state index is 13.5. The Morgan fingerprint density at radius 3 is 2.58 bits per heavy atom. The quantitative estimate of drug-likeness (QED) is 0.739. The number of benzene rings is 1. The van der Waals surface area contributed by atoms with E-state index >= 15 is 0 Å². The van der Waals surface area contributed by atoms with Crippen molar-refractivity contribution in [1.29, 1.82) is 0 Å². The van der Waals surface area contributed by atoms with E-state index < -0.39 is 10.0 Å². The largest absolute Gasteiger partial charge is 0.316 e. The molecule has 108 valence electrons. The van der Waals surface area contributed by atoms with Gasteiger partial charge in [-0.05, 0) is 19.0 Å². The predicted octanol–water partition coefficient (Wildman–Crippen LogP) is 1.59. The van der Waals surface area contributed by atoms with E-state index in [1.54, 1.807) is 18.2 Å². The molecular formula is C13H21FN2O2S. The second-order valence-electron chi connectivity index (χ2n) is 4.41. The van der Waals surface area contributed by atoms with Crippen LogP contribution in [0.5, 0.6) is 0 Å². The Kier molecular flexibility index (Phi) is 6.41. The average molecular weight is 288 g/mol. The Labute approximate surface area is 114 Å². The lowest BCUT2D eigenvalue weighted by Crippen LogP contribution is -2.33. The Morgan fingerprint density at radius 2 is 1.95 bits per heavy atom. The van der Waals surface area contributed by atoms with Gasteiger partial charge in [-0.15, -0.1) is 0 Å². The zero-order chi connectivity index (χ0) is 14.3. The normalized spacial score (nSPS) is 12.0. The molecule has 1 aromatic carbocycles. The van der Waals surface area contributed by atoms with E-state index in [-0.39, 0.29) is 18.1 Å². The number of nitrogens with one attached hydrogen (secondary N) is 1. The SMILES string of the molecule is CCCNCCS(=O)(=O)N(C)Cc1ccccc1F. The molecule has 0 aromatic heterocycles. The van der Waals surface area contributed by atoms with E-state index in [0.717, 1.165) is 13.0 Å². The van der Waals surface area contributed by atoms with Crippen LogP contribution in [0.25, 0.3) is 0 Å². The average Bonchev–Trinajstić information content (AvgIpc) is 2.37. The van der Waals surface area contributed by atoms with Crippen LogP contribution in [0.15, 0.2) is 24.3 Å². The summed E-state index contributed by atoms with van der Waals surface area (Å²) in [6, 6.07) is 6.21. The number of nitrogens with zero attached hydrogens (tertiary/aromatic N) is 1. The summed E-state index contributed by atoms with van der Waals surface area (Å²) in [6.07, 6.45) is 0.963. The first-order valence-electron chi connectivity index (χ1n) is 6.35. The molecular weight excluding hydrogens is 267 g/mol. The van der Waals surface area contributed by atoms with Crippen LogP contribution in [0, 0.1) is 5.82 Å². The topological polar surface area (TPSA) is 49.4 Å². The van der Waals surface area contributed by atoms with Crippen molar-refractivity contribution in [2.75, 3.05) is 25.9 Å². The van der Waals surface area contributed by atoms with Gasteiger partial charge in [0.2, 0.25) is 10.0 Å². The summed E-state index contributed by atoms with van der Waals surface area (Å²) in [5, 5.41) is 3.04. The first kappa shape index (κ1) is 16.1. The molecule has 0 aliphatic heterocycles. The molecule has 0 heterocycles. The number of hydrogen-bond acceptors (Lipinski definition) is 3. The lowest BCUT2D eigenvalue weighted by atomic mass is 10.2. The first-order chi connectivity index (χ1) is 8.97. The van der Waals surface area contributed by atoms with Crippen molar-refractivity contribution < 1.29 is 12.8 Å². The zero-order valence-corrected chi connectivity index (χ0v) is 12.2. The molecule has 0 atom stereocenters. The summed E-state index contributed by atoms with van der Waals surface area (Å²) in [5.74, 6) is -0.355. The van der Waals surface area contributed by atoms with Gasteiger partial charge in [0, 0.05) is 25.7 Å². The molecule has 1 aromatic rings. The van der Waals surface area contributed by atoms with Gasteiger partial charge in [0.05, 0.1) is 5.75 Å². The molecule has 1 rings (SSSR count). The summed E-state index contributed by atoms with van der Waals surface area (Å²) >= 11 is 0. The van der Waals surface area contributed by atoms with Crippen molar-refractivity contribution in [3.8, 4) is 0 Å². The van der Waals surface area contributed by atoms with Crippen LogP contribution >= 0.6 is 0 Å². The lowest BCUT2D eigenvalue weighted by Gasteiger charge is -2.17. The second-order valence-corrected chi connectivity index (χ2v) is 6.61. The molecule has 0 amide bonds. The molecule has 0 aliphatic rings. The number of rotatable bonds is 8. The van der Waals surface area contributed by atoms with Gasteiger partial charge in [-0.1, -0.05) is 25.1 Å². The van der Waals surface area contributed by atoms with Gasteiger partial charge < -0.3 is 5.32 Å². The van der Waals surface area contributed by atoms with Crippen LogP contribution < -0.4 is 5.32 Å². The van der Waals surface area contributed by atoms with Crippen molar-refractivity contribution in [2.24, 2.45) is 0 Å². The van der Waals surface area contributed by atoms with Gasteiger partial charge in [-0.25, -0.2) is 17.1 Å². The van der Waals surface area contributed by atoms with E-state index in [0.29, 0.717) is 12.1 Å². The van der Waals surface area contributed by atoms with Gasteiger partial charge >= 0.3 is 0 Å². The van der Waals surface area contributed by atoms with Crippen LogP contribution in [-0.4, -0.2) is 38.6 Å². The third kappa shape index (κ3) is 5.26. The highest BCUT2D eigenvalue weighted by Crippen LogP contribution is 2.11. The Balaban J connectivity index is 2.56. The van der Waals surface area contributed by atoms with Crippen molar-refractivity contribution in [1.82, 2.24) is 9.62 Å². The standard InChI is InChI=1S/C13H21FN2O2S/c1-3-8-15-9-10-19(17,18)16(2)11-12-6-4-5-7-13(12)14/h4-7,15H,3,8-11H2,1-2H3. The van der Waals surface area contributed by atoms with E-state index in [9.17, 15) is 12.8 Å². The zero-order valence-electron chi connectivity index (χ0n) is 11.4. The summed E-state index contributed by atoms with van der Waals surface area (Å²) in [6.45, 7) is 3.29. The molecule has 19 heavy (non-hydrogen) atoms. The molecule has 0 aliphatic carbocycles. The summed E-state index contributed by atoms with van der Waals surface area (Å²) in [5.41, 5.74) is 0.384. The highest BCUT2D eigenvalue weighted by atomic mass is 32.2. The van der Waals surface area contributed by atoms with Crippen LogP contribution in [0.2, 0.25) is 0 Å². The Hall–Kier alpha value is -0.980. The second kappa shape index (κ2) is 7.57. The molecule has 4 nitrogen and oxygen atoms in total. The maximum Gasteiger partial charge on any atom is 0.215 e. The third-order valence-corrected chi connectivity index (χ3v) is 4.59. The fourth-order valence-corrected chi connectivity index (χ4v) is 2.67. The van der Waals surface area contributed by atoms with Gasteiger partial charge in [-0.3, -0.25) is 0 Å².